The number of benzene rings is 3. The highest BCUT2D eigenvalue weighted by molar-refractivity contribution is 6.09. The Kier molecular flexibility index (Phi) is 6.57. The van der Waals surface area contributed by atoms with Crippen LogP contribution in [0.1, 0.15) is 55.6 Å². The highest BCUT2D eigenvalue weighted by Crippen LogP contribution is 2.26. The van der Waals surface area contributed by atoms with Gasteiger partial charge in [-0.05, 0) is 72.1 Å². The number of imidazole rings is 1. The molecule has 0 bridgehead atoms. The van der Waals surface area contributed by atoms with Crippen molar-refractivity contribution in [1.29, 1.82) is 0 Å². The highest BCUT2D eigenvalue weighted by Gasteiger charge is 2.23. The van der Waals surface area contributed by atoms with Gasteiger partial charge in [0, 0.05) is 17.1 Å². The molecule has 8 heteroatoms. The number of nitrogens with one attached hydrogen (secondary N) is 1. The largest absolute Gasteiger partial charge is 0.478 e. The summed E-state index contributed by atoms with van der Waals surface area (Å²) in [6.45, 7) is 1.81. The molecule has 3 heterocycles. The van der Waals surface area contributed by atoms with E-state index in [1.54, 1.807) is 53.2 Å². The summed E-state index contributed by atoms with van der Waals surface area (Å²) >= 11 is 0. The quantitative estimate of drug-likeness (QED) is 0.241. The number of hydrogen-bond donors (Lipinski definition) is 2. The van der Waals surface area contributed by atoms with Gasteiger partial charge in [-0.15, -0.1) is 0 Å². The van der Waals surface area contributed by atoms with E-state index in [-0.39, 0.29) is 22.9 Å². The Morgan fingerprint density at radius 1 is 0.805 bits per heavy atom. The number of carboxylic acids is 1. The molecule has 0 saturated heterocycles. The van der Waals surface area contributed by atoms with E-state index in [1.807, 2.05) is 55.5 Å². The SMILES string of the molecule is C[C@H](NC(=O)c1cc(-c2ccccc2)cc2cnc(C(=O)c3ccc4ncccc4c3)n12)c1ccc(C(=O)O)cc1. The van der Waals surface area contributed by atoms with Crippen LogP contribution in [0.25, 0.3) is 27.5 Å². The van der Waals surface area contributed by atoms with Crippen LogP contribution in [0.2, 0.25) is 0 Å². The van der Waals surface area contributed by atoms with Crippen LogP contribution in [0.3, 0.4) is 0 Å². The molecule has 6 rings (SSSR count). The number of hydrogen-bond acceptors (Lipinski definition) is 5. The van der Waals surface area contributed by atoms with Gasteiger partial charge in [0.15, 0.2) is 5.82 Å². The molecule has 0 aliphatic heterocycles. The first-order valence-electron chi connectivity index (χ1n) is 13.0. The predicted octanol–water partition coefficient (Wildman–Crippen LogP) is 5.97. The summed E-state index contributed by atoms with van der Waals surface area (Å²) in [5, 5.41) is 13.0. The summed E-state index contributed by atoms with van der Waals surface area (Å²) in [4.78, 5) is 47.6. The molecule has 0 unspecified atom stereocenters. The van der Waals surface area contributed by atoms with Crippen LogP contribution in [0.4, 0.5) is 0 Å². The molecular formula is C33H24N4O4. The molecule has 1 amide bonds. The molecule has 0 aliphatic rings. The van der Waals surface area contributed by atoms with E-state index in [1.165, 1.54) is 12.1 Å². The minimum absolute atomic E-state index is 0.117. The molecule has 3 aromatic carbocycles. The number of carbonyl (C=O) groups excluding carboxylic acids is 2. The molecule has 200 valence electrons. The molecule has 2 N–H and O–H groups in total. The summed E-state index contributed by atoms with van der Waals surface area (Å²) < 4.78 is 1.58. The van der Waals surface area contributed by atoms with Gasteiger partial charge >= 0.3 is 5.97 Å². The third-order valence-electron chi connectivity index (χ3n) is 7.04. The van der Waals surface area contributed by atoms with E-state index in [4.69, 9.17) is 0 Å². The fourth-order valence-electron chi connectivity index (χ4n) is 4.87. The molecule has 0 radical (unpaired) electrons. The van der Waals surface area contributed by atoms with Crippen molar-refractivity contribution < 1.29 is 19.5 Å². The van der Waals surface area contributed by atoms with Gasteiger partial charge in [0.1, 0.15) is 5.69 Å². The predicted molar refractivity (Wildman–Crippen MR) is 155 cm³/mol. The van der Waals surface area contributed by atoms with Crippen molar-refractivity contribution in [3.63, 3.8) is 0 Å². The van der Waals surface area contributed by atoms with Crippen molar-refractivity contribution >= 4 is 34.1 Å². The van der Waals surface area contributed by atoms with Crippen LogP contribution in [0.5, 0.6) is 0 Å². The zero-order valence-corrected chi connectivity index (χ0v) is 22.0. The average Bonchev–Trinajstić information content (AvgIpc) is 3.44. The van der Waals surface area contributed by atoms with E-state index in [2.05, 4.69) is 15.3 Å². The van der Waals surface area contributed by atoms with Crippen molar-refractivity contribution in [1.82, 2.24) is 19.7 Å². The number of nitrogens with zero attached hydrogens (tertiary/aromatic N) is 3. The number of aromatic carboxylic acids is 1. The lowest BCUT2D eigenvalue weighted by Crippen LogP contribution is -2.29. The van der Waals surface area contributed by atoms with Gasteiger partial charge in [0.05, 0.1) is 28.8 Å². The van der Waals surface area contributed by atoms with Gasteiger partial charge in [-0.2, -0.15) is 0 Å². The molecule has 1 atom stereocenters. The lowest BCUT2D eigenvalue weighted by Gasteiger charge is -2.17. The Bertz CT molecular complexity index is 1950. The number of fused-ring (bicyclic) bond motifs is 2. The van der Waals surface area contributed by atoms with Crippen LogP contribution < -0.4 is 5.32 Å². The van der Waals surface area contributed by atoms with Crippen LogP contribution in [-0.2, 0) is 0 Å². The average molecular weight is 541 g/mol. The van der Waals surface area contributed by atoms with Crippen molar-refractivity contribution in [2.24, 2.45) is 0 Å². The second-order valence-corrected chi connectivity index (χ2v) is 9.70. The van der Waals surface area contributed by atoms with E-state index in [9.17, 15) is 19.5 Å². The van der Waals surface area contributed by atoms with E-state index >= 15 is 0 Å². The minimum Gasteiger partial charge on any atom is -0.478 e. The molecule has 0 fully saturated rings. The first-order valence-corrected chi connectivity index (χ1v) is 13.0. The Morgan fingerprint density at radius 3 is 2.32 bits per heavy atom. The Morgan fingerprint density at radius 2 is 1.56 bits per heavy atom. The fourth-order valence-corrected chi connectivity index (χ4v) is 4.87. The molecule has 3 aromatic heterocycles. The zero-order chi connectivity index (χ0) is 28.5. The first kappa shape index (κ1) is 25.6. The van der Waals surface area contributed by atoms with E-state index in [0.29, 0.717) is 11.1 Å². The molecular weight excluding hydrogens is 516 g/mol. The zero-order valence-electron chi connectivity index (χ0n) is 22.0. The van der Waals surface area contributed by atoms with Gasteiger partial charge < -0.3 is 10.4 Å². The third kappa shape index (κ3) is 4.94. The standard InChI is InChI=1S/C33H24N4O4/c1-20(21-9-11-23(12-10-21)33(40)41)36-32(39)29-18-26(22-6-3-2-4-7-22)17-27-19-35-31(37(27)29)30(38)25-13-14-28-24(16-25)8-5-15-34-28/h2-20H,1H3,(H,36,39)(H,40,41)/t20-/m0/s1. The monoisotopic (exact) mass is 540 g/mol. The highest BCUT2D eigenvalue weighted by atomic mass is 16.4. The summed E-state index contributed by atoms with van der Waals surface area (Å²) in [5.41, 5.74) is 4.67. The first-order chi connectivity index (χ1) is 19.9. The number of carboxylic acid groups (broad SMARTS) is 1. The van der Waals surface area contributed by atoms with Crippen LogP contribution in [0.15, 0.2) is 109 Å². The van der Waals surface area contributed by atoms with E-state index < -0.39 is 17.9 Å². The molecule has 0 spiro atoms. The number of amides is 1. The van der Waals surface area contributed by atoms with Gasteiger partial charge in [-0.3, -0.25) is 19.0 Å². The number of pyridine rings is 2. The number of carbonyl (C=O) groups is 3. The maximum absolute atomic E-state index is 13.8. The third-order valence-corrected chi connectivity index (χ3v) is 7.04. The van der Waals surface area contributed by atoms with Crippen molar-refractivity contribution in [3.05, 3.63) is 138 Å². The van der Waals surface area contributed by atoms with Crippen molar-refractivity contribution in [2.75, 3.05) is 0 Å². The van der Waals surface area contributed by atoms with Gasteiger partial charge in [-0.25, -0.2) is 9.78 Å². The lowest BCUT2D eigenvalue weighted by molar-refractivity contribution is 0.0696. The van der Waals surface area contributed by atoms with Gasteiger partial charge in [-0.1, -0.05) is 48.5 Å². The second kappa shape index (κ2) is 10.5. The second-order valence-electron chi connectivity index (χ2n) is 9.70. The van der Waals surface area contributed by atoms with E-state index in [0.717, 1.165) is 27.6 Å². The molecule has 6 aromatic rings. The minimum atomic E-state index is -1.02. The van der Waals surface area contributed by atoms with Gasteiger partial charge in [0.25, 0.3) is 5.91 Å². The molecule has 0 aliphatic carbocycles. The summed E-state index contributed by atoms with van der Waals surface area (Å²) in [6.07, 6.45) is 3.29. The Labute approximate surface area is 234 Å². The lowest BCUT2D eigenvalue weighted by atomic mass is 10.0. The molecule has 8 nitrogen and oxygen atoms in total. The Balaban J connectivity index is 1.42. The maximum atomic E-state index is 13.8. The van der Waals surface area contributed by atoms with Crippen LogP contribution in [-0.4, -0.2) is 37.1 Å². The fraction of sp³-hybridized carbons (Fsp3) is 0.0606. The van der Waals surface area contributed by atoms with Crippen LogP contribution >= 0.6 is 0 Å². The van der Waals surface area contributed by atoms with Gasteiger partial charge in [0.2, 0.25) is 5.78 Å². The normalized spacial score (nSPS) is 11.8. The molecule has 41 heavy (non-hydrogen) atoms. The summed E-state index contributed by atoms with van der Waals surface area (Å²) in [6, 6.07) is 28.2. The number of aromatic nitrogens is 3. The topological polar surface area (TPSA) is 114 Å². The van der Waals surface area contributed by atoms with Crippen LogP contribution in [0, 0.1) is 0 Å². The van der Waals surface area contributed by atoms with Crippen molar-refractivity contribution in [2.45, 2.75) is 13.0 Å². The number of rotatable bonds is 7. The number of ketones is 1. The summed E-state index contributed by atoms with van der Waals surface area (Å²) in [5.74, 6) is -1.63. The Hall–Kier alpha value is -5.63. The molecule has 0 saturated carbocycles. The summed E-state index contributed by atoms with van der Waals surface area (Å²) in [7, 11) is 0. The maximum Gasteiger partial charge on any atom is 0.335 e. The van der Waals surface area contributed by atoms with Crippen molar-refractivity contribution in [3.8, 4) is 11.1 Å². The smallest absolute Gasteiger partial charge is 0.335 e.